The van der Waals surface area contributed by atoms with Crippen LogP contribution in [0.4, 0.5) is 11.4 Å². The number of nitrogens with one attached hydrogen (secondary N) is 2. The number of carbonyl (C=O) groups is 1. The van der Waals surface area contributed by atoms with E-state index in [1.165, 1.54) is 0 Å². The highest BCUT2D eigenvalue weighted by Gasteiger charge is 2.09. The van der Waals surface area contributed by atoms with Crippen LogP contribution in [-0.2, 0) is 0 Å². The number of amides is 1. The molecule has 0 fully saturated rings. The van der Waals surface area contributed by atoms with Gasteiger partial charge < -0.3 is 10.6 Å². The van der Waals surface area contributed by atoms with Gasteiger partial charge in [0.05, 0.1) is 11.9 Å². The third kappa shape index (κ3) is 4.56. The Kier molecular flexibility index (Phi) is 5.33. The van der Waals surface area contributed by atoms with Crippen molar-refractivity contribution in [3.8, 4) is 0 Å². The maximum absolute atomic E-state index is 11.9. The smallest absolute Gasteiger partial charge is 0.270 e. The molecule has 21 heavy (non-hydrogen) atoms. The van der Waals surface area contributed by atoms with Crippen LogP contribution < -0.4 is 10.6 Å². The van der Waals surface area contributed by atoms with Crippen molar-refractivity contribution in [1.82, 2.24) is 10.3 Å². The van der Waals surface area contributed by atoms with Gasteiger partial charge >= 0.3 is 0 Å². The third-order valence-electron chi connectivity index (χ3n) is 3.12. The van der Waals surface area contributed by atoms with E-state index < -0.39 is 0 Å². The van der Waals surface area contributed by atoms with Crippen molar-refractivity contribution < 1.29 is 4.79 Å². The van der Waals surface area contributed by atoms with Gasteiger partial charge in [0, 0.05) is 16.2 Å². The molecule has 1 unspecified atom stereocenters. The SMILES string of the molecule is CCC(C)NC(=O)c1ccc(Nc2ccc(Br)cc2)cn1. The van der Waals surface area contributed by atoms with Gasteiger partial charge in [0.2, 0.25) is 0 Å². The Hall–Kier alpha value is -1.88. The van der Waals surface area contributed by atoms with Crippen molar-refractivity contribution in [3.63, 3.8) is 0 Å². The Bertz CT molecular complexity index is 596. The van der Waals surface area contributed by atoms with Crippen molar-refractivity contribution in [3.05, 3.63) is 52.8 Å². The molecule has 1 atom stereocenters. The van der Waals surface area contributed by atoms with Crippen LogP contribution >= 0.6 is 15.9 Å². The van der Waals surface area contributed by atoms with Crippen LogP contribution in [0.2, 0.25) is 0 Å². The highest BCUT2D eigenvalue weighted by molar-refractivity contribution is 9.10. The monoisotopic (exact) mass is 347 g/mol. The molecule has 1 amide bonds. The Morgan fingerprint density at radius 1 is 1.19 bits per heavy atom. The number of nitrogens with zero attached hydrogens (tertiary/aromatic N) is 1. The summed E-state index contributed by atoms with van der Waals surface area (Å²) < 4.78 is 1.03. The molecule has 0 saturated heterocycles. The lowest BCUT2D eigenvalue weighted by Crippen LogP contribution is -2.32. The fraction of sp³-hybridized carbons (Fsp3) is 0.250. The minimum atomic E-state index is -0.139. The predicted octanol–water partition coefficient (Wildman–Crippen LogP) is 4.12. The molecule has 0 saturated carbocycles. The van der Waals surface area contributed by atoms with Gasteiger partial charge in [0.15, 0.2) is 0 Å². The number of carbonyl (C=O) groups excluding carboxylic acids is 1. The number of aromatic nitrogens is 1. The van der Waals surface area contributed by atoms with E-state index in [1.807, 2.05) is 44.2 Å². The van der Waals surface area contributed by atoms with Crippen LogP contribution in [0.3, 0.4) is 0 Å². The number of hydrogen-bond donors (Lipinski definition) is 2. The first-order chi connectivity index (χ1) is 10.1. The van der Waals surface area contributed by atoms with Gasteiger partial charge in [-0.1, -0.05) is 22.9 Å². The molecule has 1 heterocycles. The summed E-state index contributed by atoms with van der Waals surface area (Å²) in [6, 6.07) is 11.6. The van der Waals surface area contributed by atoms with Crippen LogP contribution in [0, 0.1) is 0 Å². The van der Waals surface area contributed by atoms with E-state index in [0.29, 0.717) is 5.69 Å². The number of halogens is 1. The van der Waals surface area contributed by atoms with Gasteiger partial charge in [-0.05, 0) is 49.7 Å². The van der Waals surface area contributed by atoms with E-state index in [0.717, 1.165) is 22.3 Å². The van der Waals surface area contributed by atoms with Crippen LogP contribution in [0.25, 0.3) is 0 Å². The van der Waals surface area contributed by atoms with E-state index in [9.17, 15) is 4.79 Å². The van der Waals surface area contributed by atoms with E-state index in [-0.39, 0.29) is 11.9 Å². The summed E-state index contributed by atoms with van der Waals surface area (Å²) in [5.41, 5.74) is 2.24. The average Bonchev–Trinajstić information content (AvgIpc) is 2.50. The molecular weight excluding hydrogens is 330 g/mol. The maximum atomic E-state index is 11.9. The zero-order valence-corrected chi connectivity index (χ0v) is 13.6. The minimum Gasteiger partial charge on any atom is -0.354 e. The fourth-order valence-corrected chi connectivity index (χ4v) is 1.97. The number of benzene rings is 1. The number of hydrogen-bond acceptors (Lipinski definition) is 3. The molecule has 0 radical (unpaired) electrons. The molecule has 2 N–H and O–H groups in total. The lowest BCUT2D eigenvalue weighted by molar-refractivity contribution is 0.0934. The second-order valence-corrected chi connectivity index (χ2v) is 5.76. The molecule has 0 bridgehead atoms. The molecule has 1 aromatic heterocycles. The average molecular weight is 348 g/mol. The van der Waals surface area contributed by atoms with Crippen molar-refractivity contribution in [2.24, 2.45) is 0 Å². The molecule has 2 aromatic rings. The predicted molar refractivity (Wildman–Crippen MR) is 88.9 cm³/mol. The molecule has 4 nitrogen and oxygen atoms in total. The van der Waals surface area contributed by atoms with Gasteiger partial charge in [-0.2, -0.15) is 0 Å². The second kappa shape index (κ2) is 7.22. The van der Waals surface area contributed by atoms with Gasteiger partial charge in [-0.15, -0.1) is 0 Å². The van der Waals surface area contributed by atoms with Gasteiger partial charge in [0.25, 0.3) is 5.91 Å². The first-order valence-electron chi connectivity index (χ1n) is 6.88. The molecule has 5 heteroatoms. The minimum absolute atomic E-state index is 0.139. The van der Waals surface area contributed by atoms with E-state index in [1.54, 1.807) is 12.3 Å². The van der Waals surface area contributed by atoms with Crippen molar-refractivity contribution in [1.29, 1.82) is 0 Å². The topological polar surface area (TPSA) is 54.0 Å². The molecule has 0 aliphatic heterocycles. The molecule has 0 spiro atoms. The molecule has 1 aromatic carbocycles. The number of pyridine rings is 1. The summed E-state index contributed by atoms with van der Waals surface area (Å²) in [6.45, 7) is 4.00. The van der Waals surface area contributed by atoms with E-state index in [2.05, 4.69) is 31.5 Å². The Balaban J connectivity index is 2.01. The molecule has 0 aliphatic rings. The number of rotatable bonds is 5. The van der Waals surface area contributed by atoms with E-state index >= 15 is 0 Å². The third-order valence-corrected chi connectivity index (χ3v) is 3.65. The van der Waals surface area contributed by atoms with Gasteiger partial charge in [-0.3, -0.25) is 4.79 Å². The highest BCUT2D eigenvalue weighted by Crippen LogP contribution is 2.18. The standard InChI is InChI=1S/C16H18BrN3O/c1-3-11(2)19-16(21)15-9-8-14(10-18-15)20-13-6-4-12(17)5-7-13/h4-11,20H,3H2,1-2H3,(H,19,21). The lowest BCUT2D eigenvalue weighted by atomic mass is 10.2. The first kappa shape index (κ1) is 15.5. The summed E-state index contributed by atoms with van der Waals surface area (Å²) in [5, 5.41) is 6.13. The second-order valence-electron chi connectivity index (χ2n) is 4.85. The van der Waals surface area contributed by atoms with Crippen molar-refractivity contribution >= 4 is 33.2 Å². The van der Waals surface area contributed by atoms with Gasteiger partial charge in [-0.25, -0.2) is 4.98 Å². The van der Waals surface area contributed by atoms with Crippen molar-refractivity contribution in [2.75, 3.05) is 5.32 Å². The maximum Gasteiger partial charge on any atom is 0.270 e. The zero-order chi connectivity index (χ0) is 15.2. The van der Waals surface area contributed by atoms with Crippen LogP contribution in [0.5, 0.6) is 0 Å². The Morgan fingerprint density at radius 2 is 1.86 bits per heavy atom. The Labute approximate surface area is 133 Å². The fourth-order valence-electron chi connectivity index (χ4n) is 1.70. The van der Waals surface area contributed by atoms with Crippen molar-refractivity contribution in [2.45, 2.75) is 26.3 Å². The van der Waals surface area contributed by atoms with Gasteiger partial charge in [0.1, 0.15) is 5.69 Å². The lowest BCUT2D eigenvalue weighted by Gasteiger charge is -2.11. The summed E-state index contributed by atoms with van der Waals surface area (Å²) in [7, 11) is 0. The zero-order valence-electron chi connectivity index (χ0n) is 12.1. The van der Waals surface area contributed by atoms with Crippen LogP contribution in [0.15, 0.2) is 47.1 Å². The molecule has 0 aliphatic carbocycles. The first-order valence-corrected chi connectivity index (χ1v) is 7.67. The summed E-state index contributed by atoms with van der Waals surface area (Å²) in [4.78, 5) is 16.1. The van der Waals surface area contributed by atoms with Crippen LogP contribution in [0.1, 0.15) is 30.8 Å². The summed E-state index contributed by atoms with van der Waals surface area (Å²) in [6.07, 6.45) is 2.56. The van der Waals surface area contributed by atoms with Crippen LogP contribution in [-0.4, -0.2) is 16.9 Å². The molecule has 2 rings (SSSR count). The van der Waals surface area contributed by atoms with E-state index in [4.69, 9.17) is 0 Å². The normalized spacial score (nSPS) is 11.8. The quantitative estimate of drug-likeness (QED) is 0.855. The Morgan fingerprint density at radius 3 is 2.43 bits per heavy atom. The molecule has 110 valence electrons. The summed E-state index contributed by atoms with van der Waals surface area (Å²) >= 11 is 3.40. The highest BCUT2D eigenvalue weighted by atomic mass is 79.9. The molecular formula is C16H18BrN3O. The number of anilines is 2. The summed E-state index contributed by atoms with van der Waals surface area (Å²) in [5.74, 6) is -0.139. The largest absolute Gasteiger partial charge is 0.354 e.